The van der Waals surface area contributed by atoms with Gasteiger partial charge in [-0.3, -0.25) is 0 Å². The molecule has 0 unspecified atom stereocenters. The molecule has 0 aliphatic heterocycles. The number of hydrogen-bond acceptors (Lipinski definition) is 2. The summed E-state index contributed by atoms with van der Waals surface area (Å²) in [5.74, 6) is 0. The topological polar surface area (TPSA) is 41.6 Å². The average molecular weight is 344 g/mol. The maximum atomic E-state index is 12.7. The predicted octanol–water partition coefficient (Wildman–Crippen LogP) is 3.83. The summed E-state index contributed by atoms with van der Waals surface area (Å²) in [6.45, 7) is 0.285. The number of urea groups is 1. The fourth-order valence-electron chi connectivity index (χ4n) is 1.58. The van der Waals surface area contributed by atoms with Crippen molar-refractivity contribution in [2.24, 2.45) is 0 Å². The van der Waals surface area contributed by atoms with Crippen LogP contribution in [-0.2, 0) is 17.1 Å². The molecule has 4 nitrogen and oxygen atoms in total. The van der Waals surface area contributed by atoms with Crippen LogP contribution in [0.3, 0.4) is 0 Å². The van der Waals surface area contributed by atoms with Gasteiger partial charge in [-0.05, 0) is 18.2 Å². The second-order valence-corrected chi connectivity index (χ2v) is 4.64. The third kappa shape index (κ3) is 5.62. The molecule has 0 aliphatic carbocycles. The van der Waals surface area contributed by atoms with Crippen molar-refractivity contribution in [2.45, 2.75) is 12.4 Å². The Labute approximate surface area is 128 Å². The molecule has 0 bridgehead atoms. The number of carbonyl (C=O) groups excluding carboxylic acids is 1. The summed E-state index contributed by atoms with van der Waals surface area (Å²) in [7, 11) is 2.71. The SMILES string of the molecule is COCCN(C)C(=O)Nc1cc(C(F)(F)F)cc(C(F)(F)F)c1. The van der Waals surface area contributed by atoms with Crippen LogP contribution in [0.2, 0.25) is 0 Å². The number of anilines is 1. The number of alkyl halides is 6. The minimum absolute atomic E-state index is 0.00963. The van der Waals surface area contributed by atoms with Gasteiger partial charge in [-0.2, -0.15) is 26.3 Å². The highest BCUT2D eigenvalue weighted by molar-refractivity contribution is 5.89. The monoisotopic (exact) mass is 344 g/mol. The zero-order valence-corrected chi connectivity index (χ0v) is 12.2. The molecular weight excluding hydrogens is 330 g/mol. The third-order valence-corrected chi connectivity index (χ3v) is 2.82. The number of ether oxygens (including phenoxy) is 1. The summed E-state index contributed by atoms with van der Waals surface area (Å²) < 4.78 is 80.9. The highest BCUT2D eigenvalue weighted by Crippen LogP contribution is 2.37. The Hall–Kier alpha value is -1.97. The van der Waals surface area contributed by atoms with Gasteiger partial charge in [0.15, 0.2) is 0 Å². The predicted molar refractivity (Wildman–Crippen MR) is 70.0 cm³/mol. The molecule has 0 heterocycles. The zero-order valence-electron chi connectivity index (χ0n) is 12.2. The van der Waals surface area contributed by atoms with E-state index in [1.165, 1.54) is 14.2 Å². The summed E-state index contributed by atoms with van der Waals surface area (Å²) in [5.41, 5.74) is -3.59. The smallest absolute Gasteiger partial charge is 0.383 e. The van der Waals surface area contributed by atoms with E-state index in [4.69, 9.17) is 4.74 Å². The van der Waals surface area contributed by atoms with E-state index in [0.717, 1.165) is 4.90 Å². The molecule has 1 N–H and O–H groups in total. The average Bonchev–Trinajstić information content (AvgIpc) is 2.42. The lowest BCUT2D eigenvalue weighted by Gasteiger charge is -2.19. The number of rotatable bonds is 4. The lowest BCUT2D eigenvalue weighted by Crippen LogP contribution is -2.34. The second kappa shape index (κ2) is 7.07. The number of hydrogen-bond donors (Lipinski definition) is 1. The fraction of sp³-hybridized carbons (Fsp3) is 0.462. The molecule has 1 aromatic carbocycles. The van der Waals surface area contributed by atoms with Crippen molar-refractivity contribution in [3.05, 3.63) is 29.3 Å². The first kappa shape index (κ1) is 19.1. The van der Waals surface area contributed by atoms with Gasteiger partial charge in [-0.1, -0.05) is 0 Å². The first-order valence-corrected chi connectivity index (χ1v) is 6.25. The number of carbonyl (C=O) groups is 1. The van der Waals surface area contributed by atoms with Crippen molar-refractivity contribution in [1.29, 1.82) is 0 Å². The van der Waals surface area contributed by atoms with Gasteiger partial charge in [0, 0.05) is 26.4 Å². The molecule has 0 saturated heterocycles. The first-order chi connectivity index (χ1) is 10.4. The fourth-order valence-corrected chi connectivity index (χ4v) is 1.58. The molecule has 23 heavy (non-hydrogen) atoms. The summed E-state index contributed by atoms with van der Waals surface area (Å²) in [6, 6.07) is 0.0216. The number of nitrogens with one attached hydrogen (secondary N) is 1. The van der Waals surface area contributed by atoms with Gasteiger partial charge in [0.2, 0.25) is 0 Å². The number of nitrogens with zero attached hydrogens (tertiary/aromatic N) is 1. The van der Waals surface area contributed by atoms with Crippen LogP contribution in [0.25, 0.3) is 0 Å². The van der Waals surface area contributed by atoms with E-state index in [9.17, 15) is 31.1 Å². The maximum absolute atomic E-state index is 12.7. The number of likely N-dealkylation sites (N-methyl/N-ethyl adjacent to an activating group) is 1. The van der Waals surface area contributed by atoms with E-state index < -0.39 is 35.2 Å². The van der Waals surface area contributed by atoms with Gasteiger partial charge in [0.25, 0.3) is 0 Å². The van der Waals surface area contributed by atoms with E-state index in [1.54, 1.807) is 0 Å². The van der Waals surface area contributed by atoms with Crippen molar-refractivity contribution in [3.63, 3.8) is 0 Å². The van der Waals surface area contributed by atoms with Gasteiger partial charge in [-0.15, -0.1) is 0 Å². The Balaban J connectivity index is 3.08. The molecule has 1 rings (SSSR count). The molecule has 10 heteroatoms. The van der Waals surface area contributed by atoms with Gasteiger partial charge < -0.3 is 15.0 Å². The van der Waals surface area contributed by atoms with E-state index in [-0.39, 0.29) is 19.2 Å². The van der Waals surface area contributed by atoms with Gasteiger partial charge in [0.05, 0.1) is 17.7 Å². The minimum Gasteiger partial charge on any atom is -0.383 e. The van der Waals surface area contributed by atoms with Crippen LogP contribution in [0.1, 0.15) is 11.1 Å². The molecule has 0 aliphatic rings. The number of halogens is 6. The zero-order chi connectivity index (χ0) is 17.8. The summed E-state index contributed by atoms with van der Waals surface area (Å²) in [6.07, 6.45) is -9.94. The van der Waals surface area contributed by atoms with E-state index in [1.807, 2.05) is 5.32 Å². The highest BCUT2D eigenvalue weighted by atomic mass is 19.4. The largest absolute Gasteiger partial charge is 0.416 e. The van der Waals surface area contributed by atoms with Crippen molar-refractivity contribution >= 4 is 11.7 Å². The van der Waals surface area contributed by atoms with Crippen molar-refractivity contribution in [3.8, 4) is 0 Å². The van der Waals surface area contributed by atoms with Gasteiger partial charge in [0.1, 0.15) is 0 Å². The Bertz CT molecular complexity index is 524. The molecule has 0 aromatic heterocycles. The van der Waals surface area contributed by atoms with Crippen molar-refractivity contribution < 1.29 is 35.9 Å². The molecule has 2 amide bonds. The molecule has 0 fully saturated rings. The van der Waals surface area contributed by atoms with E-state index >= 15 is 0 Å². The quantitative estimate of drug-likeness (QED) is 0.844. The van der Waals surface area contributed by atoms with Crippen LogP contribution in [0.15, 0.2) is 18.2 Å². The van der Waals surface area contributed by atoms with Crippen LogP contribution in [-0.4, -0.2) is 38.2 Å². The lowest BCUT2D eigenvalue weighted by molar-refractivity contribution is -0.143. The van der Waals surface area contributed by atoms with E-state index in [0.29, 0.717) is 12.1 Å². The van der Waals surface area contributed by atoms with E-state index in [2.05, 4.69) is 0 Å². The van der Waals surface area contributed by atoms with Crippen LogP contribution >= 0.6 is 0 Å². The molecule has 1 aromatic rings. The van der Waals surface area contributed by atoms with Crippen LogP contribution < -0.4 is 5.32 Å². The van der Waals surface area contributed by atoms with Crippen LogP contribution in [0.4, 0.5) is 36.8 Å². The molecule has 130 valence electrons. The normalized spacial score (nSPS) is 12.2. The number of amides is 2. The molecule has 0 atom stereocenters. The first-order valence-electron chi connectivity index (χ1n) is 6.25. The molecule has 0 radical (unpaired) electrons. The minimum atomic E-state index is -4.97. The Morgan fingerprint density at radius 3 is 1.96 bits per heavy atom. The Morgan fingerprint density at radius 1 is 1.09 bits per heavy atom. The van der Waals surface area contributed by atoms with Gasteiger partial charge >= 0.3 is 18.4 Å². The lowest BCUT2D eigenvalue weighted by atomic mass is 10.1. The third-order valence-electron chi connectivity index (χ3n) is 2.82. The summed E-state index contributed by atoms with van der Waals surface area (Å²) in [5, 5.41) is 2.01. The Morgan fingerprint density at radius 2 is 1.57 bits per heavy atom. The number of benzene rings is 1. The standard InChI is InChI=1S/C13H14F6N2O2/c1-21(3-4-23-2)11(22)20-10-6-8(12(14,15)16)5-9(7-10)13(17,18)19/h5-7H,3-4H2,1-2H3,(H,20,22). The van der Waals surface area contributed by atoms with Crippen LogP contribution in [0.5, 0.6) is 0 Å². The maximum Gasteiger partial charge on any atom is 0.416 e. The second-order valence-electron chi connectivity index (χ2n) is 4.64. The van der Waals surface area contributed by atoms with Crippen molar-refractivity contribution in [2.75, 3.05) is 32.6 Å². The van der Waals surface area contributed by atoms with Gasteiger partial charge in [-0.25, -0.2) is 4.79 Å². The van der Waals surface area contributed by atoms with Crippen molar-refractivity contribution in [1.82, 2.24) is 4.90 Å². The molecule has 0 spiro atoms. The highest BCUT2D eigenvalue weighted by Gasteiger charge is 2.37. The molecular formula is C13H14F6N2O2. The summed E-state index contributed by atoms with van der Waals surface area (Å²) in [4.78, 5) is 12.8. The summed E-state index contributed by atoms with van der Waals surface area (Å²) >= 11 is 0. The number of methoxy groups -OCH3 is 1. The Kier molecular flexibility index (Phi) is 5.86. The molecule has 0 saturated carbocycles. The van der Waals surface area contributed by atoms with Crippen LogP contribution in [0, 0.1) is 0 Å².